The number of amidine groups is 1. The predicted molar refractivity (Wildman–Crippen MR) is 92.5 cm³/mol. The number of furan rings is 1. The normalized spacial score (nSPS) is 14.2. The fourth-order valence-electron chi connectivity index (χ4n) is 2.11. The Labute approximate surface area is 149 Å². The number of aliphatic imine (C=N–C) groups is 1. The molecule has 1 aliphatic heterocycles. The smallest absolute Gasteiger partial charge is 0.295 e. The Bertz CT molecular complexity index is 760. The van der Waals surface area contributed by atoms with E-state index in [1.807, 2.05) is 0 Å². The minimum atomic E-state index is -0.364. The molecular weight excluding hydrogens is 407 g/mol. The van der Waals surface area contributed by atoms with Crippen molar-refractivity contribution in [2.24, 2.45) is 4.99 Å². The van der Waals surface area contributed by atoms with E-state index in [0.29, 0.717) is 39.3 Å². The maximum atomic E-state index is 13.8. The molecule has 0 N–H and O–H groups in total. The molecule has 0 saturated heterocycles. The van der Waals surface area contributed by atoms with Crippen LogP contribution in [0.15, 0.2) is 44.4 Å². The summed E-state index contributed by atoms with van der Waals surface area (Å²) in [6, 6.07) is 7.82. The molecule has 0 unspecified atom stereocenters. The van der Waals surface area contributed by atoms with Crippen LogP contribution in [0, 0.1) is 5.82 Å². The molecule has 1 aliphatic rings. The lowest BCUT2D eigenvalue weighted by Crippen LogP contribution is -2.32. The molecule has 0 spiro atoms. The van der Waals surface area contributed by atoms with E-state index in [2.05, 4.69) is 20.9 Å². The predicted octanol–water partition coefficient (Wildman–Crippen LogP) is 4.58. The van der Waals surface area contributed by atoms with Crippen molar-refractivity contribution in [2.75, 3.05) is 13.1 Å². The third-order valence-electron chi connectivity index (χ3n) is 3.24. The van der Waals surface area contributed by atoms with Gasteiger partial charge in [-0.3, -0.25) is 14.7 Å². The third kappa shape index (κ3) is 3.62. The number of rotatable bonds is 3. The molecular formula is C15H11BrClFN2O2S. The number of carbonyl (C=O) groups is 1. The SMILES string of the molecule is O=C(c1ccc(Br)o1)N1CCN=C1SCc1c(F)cccc1Cl. The number of hydrogen-bond acceptors (Lipinski definition) is 4. The van der Waals surface area contributed by atoms with E-state index in [1.54, 1.807) is 24.3 Å². The molecule has 3 rings (SSSR count). The first-order valence-electron chi connectivity index (χ1n) is 6.73. The van der Waals surface area contributed by atoms with Crippen LogP contribution in [0.3, 0.4) is 0 Å². The van der Waals surface area contributed by atoms with Gasteiger partial charge in [-0.15, -0.1) is 0 Å². The number of halogens is 3. The minimum Gasteiger partial charge on any atom is -0.444 e. The van der Waals surface area contributed by atoms with Gasteiger partial charge >= 0.3 is 0 Å². The van der Waals surface area contributed by atoms with E-state index in [1.165, 1.54) is 22.7 Å². The van der Waals surface area contributed by atoms with Crippen LogP contribution in [-0.4, -0.2) is 29.1 Å². The summed E-state index contributed by atoms with van der Waals surface area (Å²) in [5.41, 5.74) is 0.405. The molecule has 0 fully saturated rings. The quantitative estimate of drug-likeness (QED) is 0.734. The average molecular weight is 418 g/mol. The molecule has 1 amide bonds. The second kappa shape index (κ2) is 7.07. The fraction of sp³-hybridized carbons (Fsp3) is 0.200. The highest BCUT2D eigenvalue weighted by Crippen LogP contribution is 2.27. The highest BCUT2D eigenvalue weighted by molar-refractivity contribution is 9.10. The molecule has 0 bridgehead atoms. The van der Waals surface area contributed by atoms with Gasteiger partial charge in [0.1, 0.15) is 5.82 Å². The van der Waals surface area contributed by atoms with E-state index in [-0.39, 0.29) is 17.5 Å². The van der Waals surface area contributed by atoms with Crippen molar-refractivity contribution in [2.45, 2.75) is 5.75 Å². The molecule has 2 aromatic rings. The number of thioether (sulfide) groups is 1. The molecule has 2 heterocycles. The summed E-state index contributed by atoms with van der Waals surface area (Å²) in [5, 5.41) is 0.908. The van der Waals surface area contributed by atoms with Crippen molar-refractivity contribution in [3.63, 3.8) is 0 Å². The van der Waals surface area contributed by atoms with E-state index < -0.39 is 0 Å². The van der Waals surface area contributed by atoms with Crippen molar-refractivity contribution in [3.05, 3.63) is 57.2 Å². The molecule has 1 aromatic heterocycles. The maximum absolute atomic E-state index is 13.8. The monoisotopic (exact) mass is 416 g/mol. The van der Waals surface area contributed by atoms with Crippen LogP contribution in [0.25, 0.3) is 0 Å². The molecule has 120 valence electrons. The van der Waals surface area contributed by atoms with Gasteiger partial charge in [-0.1, -0.05) is 29.4 Å². The van der Waals surface area contributed by atoms with Gasteiger partial charge in [-0.05, 0) is 40.2 Å². The largest absolute Gasteiger partial charge is 0.444 e. The van der Waals surface area contributed by atoms with Crippen LogP contribution < -0.4 is 0 Å². The zero-order valence-electron chi connectivity index (χ0n) is 11.8. The summed E-state index contributed by atoms with van der Waals surface area (Å²) in [5.74, 6) is -0.0952. The first kappa shape index (κ1) is 16.5. The number of benzene rings is 1. The number of carbonyl (C=O) groups excluding carboxylic acids is 1. The summed E-state index contributed by atoms with van der Waals surface area (Å²) in [7, 11) is 0. The van der Waals surface area contributed by atoms with Gasteiger partial charge in [0.25, 0.3) is 5.91 Å². The Morgan fingerprint density at radius 3 is 2.96 bits per heavy atom. The lowest BCUT2D eigenvalue weighted by atomic mass is 10.2. The van der Waals surface area contributed by atoms with Crippen molar-refractivity contribution in [3.8, 4) is 0 Å². The topological polar surface area (TPSA) is 45.8 Å². The van der Waals surface area contributed by atoms with E-state index in [4.69, 9.17) is 16.0 Å². The summed E-state index contributed by atoms with van der Waals surface area (Å²) in [6.45, 7) is 0.992. The van der Waals surface area contributed by atoms with Gasteiger partial charge in [-0.25, -0.2) is 4.39 Å². The molecule has 0 saturated carbocycles. The van der Waals surface area contributed by atoms with Crippen LogP contribution >= 0.6 is 39.3 Å². The second-order valence-electron chi connectivity index (χ2n) is 4.71. The highest BCUT2D eigenvalue weighted by atomic mass is 79.9. The summed E-state index contributed by atoms with van der Waals surface area (Å²) >= 11 is 10.5. The zero-order valence-corrected chi connectivity index (χ0v) is 14.9. The number of amides is 1. The Kier molecular flexibility index (Phi) is 5.08. The van der Waals surface area contributed by atoms with E-state index in [0.717, 1.165) is 0 Å². The molecule has 8 heteroatoms. The summed E-state index contributed by atoms with van der Waals surface area (Å²) in [6.07, 6.45) is 0. The number of hydrogen-bond donors (Lipinski definition) is 0. The van der Waals surface area contributed by atoms with Crippen LogP contribution in [0.1, 0.15) is 16.1 Å². The van der Waals surface area contributed by atoms with Crippen molar-refractivity contribution in [1.29, 1.82) is 0 Å². The highest BCUT2D eigenvalue weighted by Gasteiger charge is 2.27. The second-order valence-corrected chi connectivity index (χ2v) is 6.85. The molecule has 23 heavy (non-hydrogen) atoms. The Morgan fingerprint density at radius 1 is 1.43 bits per heavy atom. The van der Waals surface area contributed by atoms with Crippen LogP contribution in [0.4, 0.5) is 4.39 Å². The fourth-order valence-corrected chi connectivity index (χ4v) is 3.80. The van der Waals surface area contributed by atoms with E-state index in [9.17, 15) is 9.18 Å². The molecule has 0 atom stereocenters. The van der Waals surface area contributed by atoms with Crippen LogP contribution in [0.2, 0.25) is 5.02 Å². The molecule has 1 aromatic carbocycles. The van der Waals surface area contributed by atoms with Gasteiger partial charge in [0.05, 0.1) is 6.54 Å². The van der Waals surface area contributed by atoms with Gasteiger partial charge in [0.2, 0.25) is 0 Å². The third-order valence-corrected chi connectivity index (χ3v) is 5.06. The number of nitrogens with zero attached hydrogens (tertiary/aromatic N) is 2. The van der Waals surface area contributed by atoms with Gasteiger partial charge in [0, 0.05) is 22.9 Å². The van der Waals surface area contributed by atoms with Crippen molar-refractivity contribution < 1.29 is 13.6 Å². The summed E-state index contributed by atoms with van der Waals surface area (Å²) in [4.78, 5) is 18.3. The van der Waals surface area contributed by atoms with Crippen LogP contribution in [-0.2, 0) is 5.75 Å². The first-order valence-corrected chi connectivity index (χ1v) is 8.89. The standard InChI is InChI=1S/C15H11BrClFN2O2S/c16-13-5-4-12(22-13)14(21)20-7-6-19-15(20)23-8-9-10(17)2-1-3-11(9)18/h1-5H,6-8H2. The summed E-state index contributed by atoms with van der Waals surface area (Å²) < 4.78 is 19.6. The Hall–Kier alpha value is -1.31. The Balaban J connectivity index is 1.71. The zero-order chi connectivity index (χ0) is 16.4. The van der Waals surface area contributed by atoms with E-state index >= 15 is 0 Å². The van der Waals surface area contributed by atoms with Gasteiger partial charge in [0.15, 0.2) is 15.6 Å². The minimum absolute atomic E-state index is 0.232. The maximum Gasteiger partial charge on any atom is 0.295 e. The molecule has 4 nitrogen and oxygen atoms in total. The first-order chi connectivity index (χ1) is 11.1. The van der Waals surface area contributed by atoms with Crippen molar-refractivity contribution in [1.82, 2.24) is 4.90 Å². The lowest BCUT2D eigenvalue weighted by Gasteiger charge is -2.16. The molecule has 0 aliphatic carbocycles. The lowest BCUT2D eigenvalue weighted by molar-refractivity contribution is 0.0829. The molecule has 0 radical (unpaired) electrons. The van der Waals surface area contributed by atoms with Gasteiger partial charge in [-0.2, -0.15) is 0 Å². The van der Waals surface area contributed by atoms with Crippen molar-refractivity contribution >= 4 is 50.4 Å². The van der Waals surface area contributed by atoms with Gasteiger partial charge < -0.3 is 4.42 Å². The van der Waals surface area contributed by atoms with Crippen LogP contribution in [0.5, 0.6) is 0 Å². The average Bonchev–Trinajstić information content (AvgIpc) is 3.15. The Morgan fingerprint density at radius 2 is 2.26 bits per heavy atom.